The molecule has 1 fully saturated rings. The van der Waals surface area contributed by atoms with E-state index < -0.39 is 5.91 Å². The highest BCUT2D eigenvalue weighted by Gasteiger charge is 2.22. The average Bonchev–Trinajstić information content (AvgIpc) is 2.46. The van der Waals surface area contributed by atoms with Crippen molar-refractivity contribution in [1.29, 1.82) is 0 Å². The molecule has 0 saturated heterocycles. The Balaban J connectivity index is 1.97. The minimum Gasteiger partial charge on any atom is -0.484 e. The normalized spacial score (nSPS) is 16.0. The van der Waals surface area contributed by atoms with Gasteiger partial charge in [0, 0.05) is 11.5 Å². The quantitative estimate of drug-likeness (QED) is 0.827. The van der Waals surface area contributed by atoms with Crippen LogP contribution in [0.1, 0.15) is 42.5 Å². The number of nitrogens with two attached hydrogens (primary N) is 1. The molecule has 4 heteroatoms. The number of Topliss-reactive ketones (excluding diaryl/α,β-unsaturated/α-hetero) is 1. The number of carbonyl (C=O) groups is 2. The second-order valence-electron chi connectivity index (χ2n) is 4.98. The van der Waals surface area contributed by atoms with Crippen LogP contribution in [0.5, 0.6) is 5.75 Å². The summed E-state index contributed by atoms with van der Waals surface area (Å²) < 4.78 is 5.16. The summed E-state index contributed by atoms with van der Waals surface area (Å²) in [5.74, 6) is 0.439. The van der Waals surface area contributed by atoms with E-state index in [2.05, 4.69) is 0 Å². The van der Waals surface area contributed by atoms with E-state index in [0.29, 0.717) is 5.75 Å². The van der Waals surface area contributed by atoms with Crippen LogP contribution in [0.4, 0.5) is 0 Å². The molecule has 4 nitrogen and oxygen atoms in total. The fraction of sp³-hybridized carbons (Fsp3) is 0.467. The summed E-state index contributed by atoms with van der Waals surface area (Å²) in [6.07, 6.45) is 5.54. The minimum atomic E-state index is -0.512. The number of ether oxygens (including phenoxy) is 1. The van der Waals surface area contributed by atoms with Crippen LogP contribution < -0.4 is 10.5 Å². The van der Waals surface area contributed by atoms with E-state index in [-0.39, 0.29) is 18.3 Å². The molecule has 1 saturated carbocycles. The summed E-state index contributed by atoms with van der Waals surface area (Å²) in [4.78, 5) is 22.9. The fourth-order valence-electron chi connectivity index (χ4n) is 2.47. The van der Waals surface area contributed by atoms with Crippen LogP contribution in [-0.2, 0) is 4.79 Å². The van der Waals surface area contributed by atoms with Gasteiger partial charge in [-0.05, 0) is 37.1 Å². The van der Waals surface area contributed by atoms with Gasteiger partial charge in [0.1, 0.15) is 5.75 Å². The van der Waals surface area contributed by atoms with E-state index in [9.17, 15) is 9.59 Å². The second kappa shape index (κ2) is 6.36. The fourth-order valence-corrected chi connectivity index (χ4v) is 2.47. The summed E-state index contributed by atoms with van der Waals surface area (Å²) in [6, 6.07) is 6.93. The Morgan fingerprint density at radius 3 is 2.32 bits per heavy atom. The first-order chi connectivity index (χ1) is 9.16. The van der Waals surface area contributed by atoms with Crippen LogP contribution in [0, 0.1) is 5.92 Å². The standard InChI is InChI=1S/C15H19NO3/c16-14(17)10-19-13-8-6-12(7-9-13)15(18)11-4-2-1-3-5-11/h6-9,11H,1-5,10H2,(H2,16,17). The van der Waals surface area contributed by atoms with Crippen molar-refractivity contribution in [3.63, 3.8) is 0 Å². The Morgan fingerprint density at radius 2 is 1.74 bits per heavy atom. The molecule has 0 atom stereocenters. The average molecular weight is 261 g/mol. The third-order valence-corrected chi connectivity index (χ3v) is 3.50. The zero-order valence-electron chi connectivity index (χ0n) is 10.9. The van der Waals surface area contributed by atoms with Crippen molar-refractivity contribution in [2.24, 2.45) is 11.7 Å². The van der Waals surface area contributed by atoms with Crippen LogP contribution in [0.2, 0.25) is 0 Å². The van der Waals surface area contributed by atoms with Crippen LogP contribution in [0.3, 0.4) is 0 Å². The third-order valence-electron chi connectivity index (χ3n) is 3.50. The molecule has 1 amide bonds. The van der Waals surface area contributed by atoms with Crippen LogP contribution in [0.25, 0.3) is 0 Å². The zero-order chi connectivity index (χ0) is 13.7. The number of amides is 1. The Kier molecular flexibility index (Phi) is 4.55. The van der Waals surface area contributed by atoms with E-state index in [1.807, 2.05) is 0 Å². The molecule has 0 radical (unpaired) electrons. The summed E-state index contributed by atoms with van der Waals surface area (Å²) >= 11 is 0. The maximum atomic E-state index is 12.3. The second-order valence-corrected chi connectivity index (χ2v) is 4.98. The minimum absolute atomic E-state index is 0.143. The number of carbonyl (C=O) groups excluding carboxylic acids is 2. The number of benzene rings is 1. The smallest absolute Gasteiger partial charge is 0.255 e. The van der Waals surface area contributed by atoms with Crippen molar-refractivity contribution in [3.05, 3.63) is 29.8 Å². The predicted molar refractivity (Wildman–Crippen MR) is 72.0 cm³/mol. The van der Waals surface area contributed by atoms with Crippen molar-refractivity contribution < 1.29 is 14.3 Å². The van der Waals surface area contributed by atoms with Gasteiger partial charge < -0.3 is 10.5 Å². The molecule has 0 unspecified atom stereocenters. The predicted octanol–water partition coefficient (Wildman–Crippen LogP) is 2.31. The Labute approximate surface area is 112 Å². The Hall–Kier alpha value is -1.84. The van der Waals surface area contributed by atoms with Crippen molar-refractivity contribution in [1.82, 2.24) is 0 Å². The van der Waals surface area contributed by atoms with Gasteiger partial charge >= 0.3 is 0 Å². The van der Waals surface area contributed by atoms with Gasteiger partial charge in [0.15, 0.2) is 12.4 Å². The Bertz CT molecular complexity index is 447. The molecule has 102 valence electrons. The van der Waals surface area contributed by atoms with Gasteiger partial charge in [0.2, 0.25) is 0 Å². The summed E-state index contributed by atoms with van der Waals surface area (Å²) in [7, 11) is 0. The first-order valence-corrected chi connectivity index (χ1v) is 6.72. The van der Waals surface area contributed by atoms with E-state index in [1.54, 1.807) is 24.3 Å². The highest BCUT2D eigenvalue weighted by atomic mass is 16.5. The number of hydrogen-bond donors (Lipinski definition) is 1. The molecule has 2 N–H and O–H groups in total. The van der Waals surface area contributed by atoms with Gasteiger partial charge in [-0.25, -0.2) is 0 Å². The lowest BCUT2D eigenvalue weighted by atomic mass is 9.84. The van der Waals surface area contributed by atoms with E-state index in [4.69, 9.17) is 10.5 Å². The monoisotopic (exact) mass is 261 g/mol. The lowest BCUT2D eigenvalue weighted by molar-refractivity contribution is -0.119. The molecule has 2 rings (SSSR count). The largest absolute Gasteiger partial charge is 0.484 e. The number of rotatable bonds is 5. The van der Waals surface area contributed by atoms with Gasteiger partial charge in [-0.2, -0.15) is 0 Å². The van der Waals surface area contributed by atoms with Crippen molar-refractivity contribution >= 4 is 11.7 Å². The molecule has 0 heterocycles. The van der Waals surface area contributed by atoms with Crippen molar-refractivity contribution in [2.75, 3.05) is 6.61 Å². The maximum Gasteiger partial charge on any atom is 0.255 e. The first-order valence-electron chi connectivity index (χ1n) is 6.72. The number of primary amides is 1. The summed E-state index contributed by atoms with van der Waals surface area (Å²) in [5.41, 5.74) is 5.72. The molecule has 19 heavy (non-hydrogen) atoms. The maximum absolute atomic E-state index is 12.3. The van der Waals surface area contributed by atoms with Crippen LogP contribution in [0.15, 0.2) is 24.3 Å². The lowest BCUT2D eigenvalue weighted by Gasteiger charge is -2.20. The van der Waals surface area contributed by atoms with Crippen molar-refractivity contribution in [3.8, 4) is 5.75 Å². The summed E-state index contributed by atoms with van der Waals surface area (Å²) in [6.45, 7) is -0.143. The van der Waals surface area contributed by atoms with E-state index in [0.717, 1.165) is 31.2 Å². The molecule has 1 aliphatic carbocycles. The van der Waals surface area contributed by atoms with E-state index >= 15 is 0 Å². The molecule has 1 aromatic carbocycles. The molecule has 1 aliphatic rings. The molecular formula is C15H19NO3. The number of hydrogen-bond acceptors (Lipinski definition) is 3. The number of ketones is 1. The van der Waals surface area contributed by atoms with Gasteiger partial charge in [0.05, 0.1) is 0 Å². The molecule has 0 aliphatic heterocycles. The van der Waals surface area contributed by atoms with Gasteiger partial charge in [-0.1, -0.05) is 19.3 Å². The highest BCUT2D eigenvalue weighted by molar-refractivity contribution is 5.98. The Morgan fingerprint density at radius 1 is 1.11 bits per heavy atom. The lowest BCUT2D eigenvalue weighted by Crippen LogP contribution is -2.20. The zero-order valence-corrected chi connectivity index (χ0v) is 10.9. The third kappa shape index (κ3) is 3.81. The van der Waals surface area contributed by atoms with Gasteiger partial charge in [-0.3, -0.25) is 9.59 Å². The van der Waals surface area contributed by atoms with Gasteiger partial charge in [0.25, 0.3) is 5.91 Å². The molecule has 1 aromatic rings. The highest BCUT2D eigenvalue weighted by Crippen LogP contribution is 2.27. The molecule has 0 bridgehead atoms. The molecule has 0 aromatic heterocycles. The SMILES string of the molecule is NC(=O)COc1ccc(C(=O)C2CCCCC2)cc1. The first kappa shape index (κ1) is 13.6. The van der Waals surface area contributed by atoms with Gasteiger partial charge in [-0.15, -0.1) is 0 Å². The van der Waals surface area contributed by atoms with E-state index in [1.165, 1.54) is 6.42 Å². The topological polar surface area (TPSA) is 69.4 Å². The van der Waals surface area contributed by atoms with Crippen LogP contribution in [-0.4, -0.2) is 18.3 Å². The molecule has 0 spiro atoms. The molecular weight excluding hydrogens is 242 g/mol. The van der Waals surface area contributed by atoms with Crippen molar-refractivity contribution in [2.45, 2.75) is 32.1 Å². The van der Waals surface area contributed by atoms with Crippen LogP contribution >= 0.6 is 0 Å². The summed E-state index contributed by atoms with van der Waals surface area (Å²) in [5, 5.41) is 0.